The smallest absolute Gasteiger partial charge is 0.407 e. The lowest BCUT2D eigenvalue weighted by Crippen LogP contribution is -2.53. The number of amides is 2. The SMILES string of the molecule is Nc1ccc2c3c(c(C(=O)NC4CCCN(C(=O)O)C4)sc13)C(N)C(=O)C2(N)c1cccc(Br)c1. The van der Waals surface area contributed by atoms with E-state index in [1.54, 1.807) is 30.3 Å². The molecule has 0 bridgehead atoms. The van der Waals surface area contributed by atoms with Crippen LogP contribution in [0.5, 0.6) is 0 Å². The minimum Gasteiger partial charge on any atom is -0.465 e. The molecule has 182 valence electrons. The molecular formula is C24H24BrN5O4S. The van der Waals surface area contributed by atoms with E-state index in [1.807, 2.05) is 6.07 Å². The van der Waals surface area contributed by atoms with E-state index in [-0.39, 0.29) is 12.6 Å². The summed E-state index contributed by atoms with van der Waals surface area (Å²) in [7, 11) is 0. The van der Waals surface area contributed by atoms with Crippen LogP contribution in [-0.2, 0) is 10.3 Å². The summed E-state index contributed by atoms with van der Waals surface area (Å²) in [6.07, 6.45) is 0.286. The second-order valence-corrected chi connectivity index (χ2v) is 10.9. The van der Waals surface area contributed by atoms with E-state index in [2.05, 4.69) is 21.2 Å². The van der Waals surface area contributed by atoms with Crippen molar-refractivity contribution in [2.24, 2.45) is 11.5 Å². The molecule has 3 unspecified atom stereocenters. The molecule has 2 amide bonds. The predicted molar refractivity (Wildman–Crippen MR) is 137 cm³/mol. The Morgan fingerprint density at radius 3 is 2.74 bits per heavy atom. The van der Waals surface area contributed by atoms with Crippen LogP contribution < -0.4 is 22.5 Å². The minimum atomic E-state index is -1.51. The summed E-state index contributed by atoms with van der Waals surface area (Å²) >= 11 is 4.62. The van der Waals surface area contributed by atoms with Crippen molar-refractivity contribution in [2.45, 2.75) is 30.5 Å². The molecule has 1 aliphatic heterocycles. The third-order valence-corrected chi connectivity index (χ3v) is 8.57. The van der Waals surface area contributed by atoms with E-state index in [9.17, 15) is 19.5 Å². The molecule has 0 radical (unpaired) electrons. The summed E-state index contributed by atoms with van der Waals surface area (Å²) in [5.41, 5.74) is 20.1. The molecule has 2 heterocycles. The Kier molecular flexibility index (Phi) is 5.83. The first-order chi connectivity index (χ1) is 16.6. The van der Waals surface area contributed by atoms with Crippen LogP contribution in [0.2, 0.25) is 0 Å². The number of ketones is 1. The van der Waals surface area contributed by atoms with Gasteiger partial charge in [-0.1, -0.05) is 34.1 Å². The van der Waals surface area contributed by atoms with Crippen LogP contribution in [0.3, 0.4) is 0 Å². The zero-order chi connectivity index (χ0) is 25.1. The Morgan fingerprint density at radius 1 is 1.26 bits per heavy atom. The number of piperidine rings is 1. The third-order valence-electron chi connectivity index (χ3n) is 6.83. The number of benzene rings is 2. The molecule has 1 fully saturated rings. The van der Waals surface area contributed by atoms with Gasteiger partial charge in [-0.3, -0.25) is 9.59 Å². The monoisotopic (exact) mass is 557 g/mol. The summed E-state index contributed by atoms with van der Waals surface area (Å²) in [6.45, 7) is 0.637. The van der Waals surface area contributed by atoms with Gasteiger partial charge in [-0.05, 0) is 42.2 Å². The number of hydrogen-bond acceptors (Lipinski definition) is 7. The van der Waals surface area contributed by atoms with Crippen molar-refractivity contribution in [3.05, 3.63) is 62.4 Å². The predicted octanol–water partition coefficient (Wildman–Crippen LogP) is 2.90. The first kappa shape index (κ1) is 23.7. The van der Waals surface area contributed by atoms with Gasteiger partial charge in [0.25, 0.3) is 5.91 Å². The molecule has 9 nitrogen and oxygen atoms in total. The van der Waals surface area contributed by atoms with Crippen LogP contribution in [0.15, 0.2) is 40.9 Å². The molecule has 3 atom stereocenters. The molecule has 5 rings (SSSR count). The lowest BCUT2D eigenvalue weighted by molar-refractivity contribution is -0.124. The number of Topliss-reactive ketones (excluding diaryl/α,β-unsaturated/α-hetero) is 1. The van der Waals surface area contributed by atoms with Crippen molar-refractivity contribution in [3.8, 4) is 0 Å². The highest BCUT2D eigenvalue weighted by molar-refractivity contribution is 9.10. The van der Waals surface area contributed by atoms with E-state index in [4.69, 9.17) is 17.2 Å². The van der Waals surface area contributed by atoms with Crippen molar-refractivity contribution >= 4 is 60.8 Å². The number of nitrogen functional groups attached to an aromatic ring is 1. The molecule has 35 heavy (non-hydrogen) atoms. The van der Waals surface area contributed by atoms with Gasteiger partial charge in [-0.25, -0.2) is 4.79 Å². The zero-order valence-electron chi connectivity index (χ0n) is 18.6. The first-order valence-electron chi connectivity index (χ1n) is 11.1. The van der Waals surface area contributed by atoms with Gasteiger partial charge in [0.15, 0.2) is 5.78 Å². The Bertz CT molecular complexity index is 1390. The van der Waals surface area contributed by atoms with E-state index < -0.39 is 29.4 Å². The third kappa shape index (κ3) is 3.70. The number of nitrogens with two attached hydrogens (primary N) is 3. The topological polar surface area (TPSA) is 165 Å². The number of carboxylic acid groups (broad SMARTS) is 1. The lowest BCUT2D eigenvalue weighted by Gasteiger charge is -2.36. The Hall–Kier alpha value is -2.99. The molecule has 8 N–H and O–H groups in total. The number of rotatable bonds is 3. The molecule has 0 saturated carbocycles. The number of thiophene rings is 1. The van der Waals surface area contributed by atoms with Crippen LogP contribution >= 0.6 is 27.3 Å². The summed E-state index contributed by atoms with van der Waals surface area (Å²) in [4.78, 5) is 40.1. The number of anilines is 1. The number of carbonyl (C=O) groups is 3. The Morgan fingerprint density at radius 2 is 2.03 bits per heavy atom. The highest BCUT2D eigenvalue weighted by Gasteiger charge is 2.48. The molecule has 0 spiro atoms. The summed E-state index contributed by atoms with van der Waals surface area (Å²) < 4.78 is 1.41. The maximum atomic E-state index is 13.7. The zero-order valence-corrected chi connectivity index (χ0v) is 21.0. The average molecular weight is 558 g/mol. The maximum Gasteiger partial charge on any atom is 0.407 e. The number of nitrogens with zero attached hydrogens (tertiary/aromatic N) is 1. The van der Waals surface area contributed by atoms with Gasteiger partial charge >= 0.3 is 6.09 Å². The van der Waals surface area contributed by atoms with E-state index in [0.29, 0.717) is 56.7 Å². The van der Waals surface area contributed by atoms with Gasteiger partial charge in [0.2, 0.25) is 0 Å². The Balaban J connectivity index is 1.62. The Labute approximate surface area is 213 Å². The summed E-state index contributed by atoms with van der Waals surface area (Å²) in [6, 6.07) is 9.15. The molecule has 2 aliphatic rings. The fourth-order valence-corrected chi connectivity index (χ4v) is 6.70. The molecule has 1 aliphatic carbocycles. The second-order valence-electron chi connectivity index (χ2n) is 8.95. The van der Waals surface area contributed by atoms with E-state index >= 15 is 0 Å². The van der Waals surface area contributed by atoms with Gasteiger partial charge in [-0.15, -0.1) is 11.3 Å². The van der Waals surface area contributed by atoms with Crippen LogP contribution in [0.25, 0.3) is 10.1 Å². The van der Waals surface area contributed by atoms with Crippen molar-refractivity contribution in [2.75, 3.05) is 18.8 Å². The van der Waals surface area contributed by atoms with Gasteiger partial charge in [0.05, 0.1) is 15.6 Å². The standard InChI is InChI=1S/C24H24BrN5O4S/c25-12-4-1-3-11(9-12)24(28)14-6-7-15(26)19-16(14)17(18(27)21(24)31)20(35-19)22(32)29-13-5-2-8-30(10-13)23(33)34/h1,3-4,6-7,9,13,18H,2,5,8,10,26-28H2,(H,29,32)(H,33,34). The second kappa shape index (κ2) is 8.59. The van der Waals surface area contributed by atoms with E-state index in [0.717, 1.165) is 4.47 Å². The van der Waals surface area contributed by atoms with Crippen molar-refractivity contribution in [3.63, 3.8) is 0 Å². The van der Waals surface area contributed by atoms with Gasteiger partial charge in [0.1, 0.15) is 5.54 Å². The number of carbonyl (C=O) groups excluding carboxylic acids is 2. The quantitative estimate of drug-likeness (QED) is 0.309. The average Bonchev–Trinajstić information content (AvgIpc) is 3.24. The molecule has 1 aromatic heterocycles. The molecular weight excluding hydrogens is 534 g/mol. The number of likely N-dealkylation sites (tertiary alicyclic amines) is 1. The minimum absolute atomic E-state index is 0.203. The summed E-state index contributed by atoms with van der Waals surface area (Å²) in [5.74, 6) is -0.824. The highest BCUT2D eigenvalue weighted by atomic mass is 79.9. The van der Waals surface area contributed by atoms with E-state index in [1.165, 1.54) is 16.2 Å². The number of halogens is 1. The number of nitrogens with one attached hydrogen (secondary N) is 1. The van der Waals surface area contributed by atoms with Crippen molar-refractivity contribution in [1.82, 2.24) is 10.2 Å². The van der Waals surface area contributed by atoms with Crippen molar-refractivity contribution < 1.29 is 19.5 Å². The van der Waals surface area contributed by atoms with Crippen LogP contribution in [-0.4, -0.2) is 46.9 Å². The van der Waals surface area contributed by atoms with Crippen LogP contribution in [0.4, 0.5) is 10.5 Å². The molecule has 3 aromatic rings. The highest BCUT2D eigenvalue weighted by Crippen LogP contribution is 2.49. The lowest BCUT2D eigenvalue weighted by atomic mass is 9.70. The van der Waals surface area contributed by atoms with Crippen LogP contribution in [0, 0.1) is 0 Å². The fraction of sp³-hybridized carbons (Fsp3) is 0.292. The maximum absolute atomic E-state index is 13.7. The summed E-state index contributed by atoms with van der Waals surface area (Å²) in [5, 5.41) is 12.9. The first-order valence-corrected chi connectivity index (χ1v) is 12.7. The normalized spacial score (nSPS) is 24.0. The number of hydrogen-bond donors (Lipinski definition) is 5. The van der Waals surface area contributed by atoms with Gasteiger partial charge in [0, 0.05) is 40.2 Å². The van der Waals surface area contributed by atoms with Gasteiger partial charge in [-0.2, -0.15) is 0 Å². The molecule has 1 saturated heterocycles. The van der Waals surface area contributed by atoms with Gasteiger partial charge < -0.3 is 32.5 Å². The van der Waals surface area contributed by atoms with Crippen molar-refractivity contribution in [1.29, 1.82) is 0 Å². The largest absolute Gasteiger partial charge is 0.465 e. The van der Waals surface area contributed by atoms with Crippen LogP contribution in [0.1, 0.15) is 45.2 Å². The molecule has 2 aromatic carbocycles. The molecule has 11 heteroatoms. The fourth-order valence-electron chi connectivity index (χ4n) is 5.10.